The van der Waals surface area contributed by atoms with Crippen LogP contribution >= 0.6 is 15.9 Å². The van der Waals surface area contributed by atoms with E-state index in [4.69, 9.17) is 0 Å². The van der Waals surface area contributed by atoms with E-state index in [0.717, 1.165) is 20.6 Å². The van der Waals surface area contributed by atoms with Gasteiger partial charge in [0.1, 0.15) is 18.4 Å². The molecule has 10 heteroatoms. The third-order valence-corrected chi connectivity index (χ3v) is 6.82. The lowest BCUT2D eigenvalue weighted by atomic mass is 10.1. The molecule has 0 aliphatic carbocycles. The van der Waals surface area contributed by atoms with E-state index in [-0.39, 0.29) is 6.54 Å². The number of likely N-dealkylation sites (N-methyl/N-ethyl adjacent to an activating group) is 1. The fourth-order valence-electron chi connectivity index (χ4n) is 2.98. The van der Waals surface area contributed by atoms with E-state index in [0.29, 0.717) is 11.3 Å². The zero-order chi connectivity index (χ0) is 23.3. The Balaban J connectivity index is 2.39. The number of amides is 2. The standard InChI is InChI=1S/C21H25BrFN3O4S/c1-14-11-18(9-10-19(14)22)26(31(4,29)30)13-20(27)25(15(2)21(28)24-3)12-16-5-7-17(23)8-6-16/h5-11,15H,12-13H2,1-4H3,(H,24,28)/t15-/m1/s1. The van der Waals surface area contributed by atoms with Crippen LogP contribution in [0.15, 0.2) is 46.9 Å². The Bertz CT molecular complexity index is 1060. The summed E-state index contributed by atoms with van der Waals surface area (Å²) in [4.78, 5) is 26.7. The minimum atomic E-state index is -3.79. The van der Waals surface area contributed by atoms with E-state index >= 15 is 0 Å². The summed E-state index contributed by atoms with van der Waals surface area (Å²) in [5.41, 5.74) is 1.75. The molecule has 1 N–H and O–H groups in total. The number of rotatable bonds is 8. The summed E-state index contributed by atoms with van der Waals surface area (Å²) in [6, 6.07) is 9.64. The predicted molar refractivity (Wildman–Crippen MR) is 122 cm³/mol. The molecule has 7 nitrogen and oxygen atoms in total. The van der Waals surface area contributed by atoms with E-state index in [1.807, 2.05) is 6.92 Å². The molecular weight excluding hydrogens is 489 g/mol. The number of carbonyl (C=O) groups excluding carboxylic acids is 2. The smallest absolute Gasteiger partial charge is 0.244 e. The molecule has 0 unspecified atom stereocenters. The van der Waals surface area contributed by atoms with Gasteiger partial charge in [0.05, 0.1) is 11.9 Å². The molecular formula is C21H25BrFN3O4S. The highest BCUT2D eigenvalue weighted by molar-refractivity contribution is 9.10. The first-order valence-corrected chi connectivity index (χ1v) is 12.1. The molecule has 0 aliphatic rings. The Morgan fingerprint density at radius 1 is 1.16 bits per heavy atom. The van der Waals surface area contributed by atoms with Crippen molar-refractivity contribution < 1.29 is 22.4 Å². The summed E-state index contributed by atoms with van der Waals surface area (Å²) in [7, 11) is -2.33. The molecule has 0 aromatic heterocycles. The highest BCUT2D eigenvalue weighted by Gasteiger charge is 2.29. The minimum absolute atomic E-state index is 0.0185. The first-order chi connectivity index (χ1) is 14.4. The number of nitrogens with one attached hydrogen (secondary N) is 1. The maximum Gasteiger partial charge on any atom is 0.244 e. The van der Waals surface area contributed by atoms with Gasteiger partial charge in [0, 0.05) is 18.1 Å². The van der Waals surface area contributed by atoms with Gasteiger partial charge in [-0.25, -0.2) is 12.8 Å². The zero-order valence-corrected chi connectivity index (χ0v) is 20.1. The lowest BCUT2D eigenvalue weighted by Gasteiger charge is -2.31. The van der Waals surface area contributed by atoms with Crippen molar-refractivity contribution in [2.75, 3.05) is 24.2 Å². The van der Waals surface area contributed by atoms with Crippen molar-refractivity contribution in [3.63, 3.8) is 0 Å². The van der Waals surface area contributed by atoms with Crippen molar-refractivity contribution in [3.05, 3.63) is 63.9 Å². The van der Waals surface area contributed by atoms with Gasteiger partial charge in [-0.2, -0.15) is 0 Å². The second-order valence-electron chi connectivity index (χ2n) is 7.14. The number of hydrogen-bond acceptors (Lipinski definition) is 4. The van der Waals surface area contributed by atoms with Crippen molar-refractivity contribution in [2.45, 2.75) is 26.4 Å². The highest BCUT2D eigenvalue weighted by atomic mass is 79.9. The number of benzene rings is 2. The monoisotopic (exact) mass is 513 g/mol. The Hall–Kier alpha value is -2.46. The number of carbonyl (C=O) groups is 2. The Morgan fingerprint density at radius 2 is 1.77 bits per heavy atom. The molecule has 0 saturated heterocycles. The van der Waals surface area contributed by atoms with Crippen molar-refractivity contribution in [1.82, 2.24) is 10.2 Å². The predicted octanol–water partition coefficient (Wildman–Crippen LogP) is 2.83. The van der Waals surface area contributed by atoms with Crippen molar-refractivity contribution in [1.29, 1.82) is 0 Å². The largest absolute Gasteiger partial charge is 0.357 e. The topological polar surface area (TPSA) is 86.8 Å². The van der Waals surface area contributed by atoms with Crippen molar-refractivity contribution >= 4 is 43.5 Å². The van der Waals surface area contributed by atoms with Gasteiger partial charge < -0.3 is 10.2 Å². The van der Waals surface area contributed by atoms with Crippen LogP contribution in [-0.4, -0.2) is 51.0 Å². The van der Waals surface area contributed by atoms with Crippen LogP contribution in [0.25, 0.3) is 0 Å². The number of halogens is 2. The molecule has 0 bridgehead atoms. The van der Waals surface area contributed by atoms with E-state index in [2.05, 4.69) is 21.2 Å². The molecule has 31 heavy (non-hydrogen) atoms. The number of aryl methyl sites for hydroxylation is 1. The second-order valence-corrected chi connectivity index (χ2v) is 9.90. The first-order valence-electron chi connectivity index (χ1n) is 9.43. The maximum absolute atomic E-state index is 13.3. The van der Waals surface area contributed by atoms with E-state index in [9.17, 15) is 22.4 Å². The quantitative estimate of drug-likeness (QED) is 0.587. The summed E-state index contributed by atoms with van der Waals surface area (Å²) < 4.78 is 40.0. The highest BCUT2D eigenvalue weighted by Crippen LogP contribution is 2.25. The molecule has 2 aromatic rings. The molecule has 2 aromatic carbocycles. The van der Waals surface area contributed by atoms with Crippen LogP contribution < -0.4 is 9.62 Å². The Labute approximate surface area is 190 Å². The molecule has 0 spiro atoms. The average molecular weight is 514 g/mol. The van der Waals surface area contributed by atoms with Crippen LogP contribution in [0.3, 0.4) is 0 Å². The third-order valence-electron chi connectivity index (χ3n) is 4.79. The van der Waals surface area contributed by atoms with Gasteiger partial charge in [-0.3, -0.25) is 13.9 Å². The van der Waals surface area contributed by atoms with Crippen molar-refractivity contribution in [3.8, 4) is 0 Å². The molecule has 0 aliphatic heterocycles. The van der Waals surface area contributed by atoms with Crippen LogP contribution in [0, 0.1) is 12.7 Å². The summed E-state index contributed by atoms with van der Waals surface area (Å²) in [5.74, 6) is -1.39. The number of nitrogens with zero attached hydrogens (tertiary/aromatic N) is 2. The van der Waals surface area contributed by atoms with Gasteiger partial charge in [-0.1, -0.05) is 28.1 Å². The average Bonchev–Trinajstić information content (AvgIpc) is 2.71. The van der Waals surface area contributed by atoms with Gasteiger partial charge in [-0.15, -0.1) is 0 Å². The van der Waals surface area contributed by atoms with E-state index < -0.39 is 40.2 Å². The van der Waals surface area contributed by atoms with Crippen LogP contribution in [0.2, 0.25) is 0 Å². The van der Waals surface area contributed by atoms with E-state index in [1.54, 1.807) is 25.1 Å². The molecule has 0 radical (unpaired) electrons. The molecule has 1 atom stereocenters. The van der Waals surface area contributed by atoms with Gasteiger partial charge in [0.25, 0.3) is 0 Å². The second kappa shape index (κ2) is 10.2. The fourth-order valence-corrected chi connectivity index (χ4v) is 4.06. The lowest BCUT2D eigenvalue weighted by Crippen LogP contribution is -2.50. The molecule has 0 saturated carbocycles. The van der Waals surface area contributed by atoms with Gasteiger partial charge in [0.15, 0.2) is 0 Å². The Kier molecular flexibility index (Phi) is 8.19. The number of sulfonamides is 1. The SMILES string of the molecule is CNC(=O)[C@@H](C)N(Cc1ccc(F)cc1)C(=O)CN(c1ccc(Br)c(C)c1)S(C)(=O)=O. The summed E-state index contributed by atoms with van der Waals surface area (Å²) >= 11 is 3.37. The van der Waals surface area contributed by atoms with Gasteiger partial charge in [-0.05, 0) is 55.3 Å². The molecule has 2 rings (SSSR count). The van der Waals surface area contributed by atoms with Crippen molar-refractivity contribution in [2.24, 2.45) is 0 Å². The number of anilines is 1. The normalized spacial score (nSPS) is 12.2. The van der Waals surface area contributed by atoms with Gasteiger partial charge >= 0.3 is 0 Å². The van der Waals surface area contributed by atoms with Crippen LogP contribution in [0.4, 0.5) is 10.1 Å². The minimum Gasteiger partial charge on any atom is -0.357 e. The third kappa shape index (κ3) is 6.51. The van der Waals surface area contributed by atoms with Crippen LogP contribution in [0.5, 0.6) is 0 Å². The lowest BCUT2D eigenvalue weighted by molar-refractivity contribution is -0.139. The molecule has 2 amide bonds. The molecule has 0 fully saturated rings. The van der Waals surface area contributed by atoms with Crippen LogP contribution in [0.1, 0.15) is 18.1 Å². The van der Waals surface area contributed by atoms with Crippen LogP contribution in [-0.2, 0) is 26.2 Å². The molecule has 168 valence electrons. The summed E-state index contributed by atoms with van der Waals surface area (Å²) in [6.45, 7) is 2.90. The first kappa shape index (κ1) is 24.8. The summed E-state index contributed by atoms with van der Waals surface area (Å²) in [5, 5.41) is 2.49. The Morgan fingerprint density at radius 3 is 2.29 bits per heavy atom. The fraction of sp³-hybridized carbons (Fsp3) is 0.333. The maximum atomic E-state index is 13.3. The zero-order valence-electron chi connectivity index (χ0n) is 17.7. The number of hydrogen-bond donors (Lipinski definition) is 1. The van der Waals surface area contributed by atoms with E-state index in [1.165, 1.54) is 36.2 Å². The van der Waals surface area contributed by atoms with Gasteiger partial charge in [0.2, 0.25) is 21.8 Å². The summed E-state index contributed by atoms with van der Waals surface area (Å²) in [6.07, 6.45) is 1.02. The molecule has 0 heterocycles.